The quantitative estimate of drug-likeness (QED) is 0.682. The van der Waals surface area contributed by atoms with Crippen molar-refractivity contribution in [1.82, 2.24) is 5.32 Å². The van der Waals surface area contributed by atoms with Gasteiger partial charge in [0.05, 0.1) is 6.10 Å². The number of hydrogen-bond donors (Lipinski definition) is 2. The van der Waals surface area contributed by atoms with E-state index in [1.165, 1.54) is 32.1 Å². The van der Waals surface area contributed by atoms with Crippen LogP contribution in [0, 0.1) is 5.92 Å². The standard InChI is InChI=1S/C11H21NO/c1-8-3-2-4-9(7-8)12-10-5-6-11(10)13/h8-13H,2-7H2,1H3/t8?,9?,10-,11-/m1/s1. The van der Waals surface area contributed by atoms with Gasteiger partial charge in [0.25, 0.3) is 0 Å². The van der Waals surface area contributed by atoms with E-state index in [2.05, 4.69) is 12.2 Å². The minimum Gasteiger partial charge on any atom is -0.392 e. The van der Waals surface area contributed by atoms with Gasteiger partial charge in [-0.25, -0.2) is 0 Å². The maximum Gasteiger partial charge on any atom is 0.0693 e. The van der Waals surface area contributed by atoms with E-state index in [1.807, 2.05) is 0 Å². The zero-order valence-electron chi connectivity index (χ0n) is 8.50. The molecule has 2 rings (SSSR count). The summed E-state index contributed by atoms with van der Waals surface area (Å²) >= 11 is 0. The van der Waals surface area contributed by atoms with Gasteiger partial charge in [0, 0.05) is 12.1 Å². The van der Waals surface area contributed by atoms with Crippen molar-refractivity contribution in [3.8, 4) is 0 Å². The molecule has 2 N–H and O–H groups in total. The third-order valence-electron chi connectivity index (χ3n) is 3.62. The first-order valence-electron chi connectivity index (χ1n) is 5.70. The first-order valence-corrected chi connectivity index (χ1v) is 5.70. The molecule has 0 saturated heterocycles. The molecule has 4 atom stereocenters. The highest BCUT2D eigenvalue weighted by atomic mass is 16.3. The van der Waals surface area contributed by atoms with Gasteiger partial charge in [-0.05, 0) is 31.6 Å². The molecule has 2 unspecified atom stereocenters. The molecule has 2 aliphatic carbocycles. The Hall–Kier alpha value is -0.0800. The number of aliphatic hydroxyl groups excluding tert-OH is 1. The maximum absolute atomic E-state index is 9.44. The molecule has 2 aliphatic rings. The molecule has 2 nitrogen and oxygen atoms in total. The normalized spacial score (nSPS) is 45.7. The molecular weight excluding hydrogens is 162 g/mol. The lowest BCUT2D eigenvalue weighted by molar-refractivity contribution is 0.0394. The topological polar surface area (TPSA) is 32.3 Å². The third-order valence-corrected chi connectivity index (χ3v) is 3.62. The first-order chi connectivity index (χ1) is 6.25. The van der Waals surface area contributed by atoms with Crippen molar-refractivity contribution in [1.29, 1.82) is 0 Å². The van der Waals surface area contributed by atoms with Crippen LogP contribution in [0.2, 0.25) is 0 Å². The molecule has 76 valence electrons. The van der Waals surface area contributed by atoms with Crippen LogP contribution in [-0.2, 0) is 0 Å². The molecule has 0 aliphatic heterocycles. The van der Waals surface area contributed by atoms with Crippen LogP contribution in [0.25, 0.3) is 0 Å². The van der Waals surface area contributed by atoms with Crippen LogP contribution in [0.1, 0.15) is 45.4 Å². The van der Waals surface area contributed by atoms with Crippen molar-refractivity contribution in [3.63, 3.8) is 0 Å². The van der Waals surface area contributed by atoms with Crippen molar-refractivity contribution < 1.29 is 5.11 Å². The lowest BCUT2D eigenvalue weighted by Crippen LogP contribution is -2.52. The SMILES string of the molecule is CC1CCCC(N[C@@H]2CC[C@H]2O)C1. The second-order valence-electron chi connectivity index (χ2n) is 4.89. The summed E-state index contributed by atoms with van der Waals surface area (Å²) in [6, 6.07) is 1.10. The van der Waals surface area contributed by atoms with E-state index in [0.717, 1.165) is 12.3 Å². The average Bonchev–Trinajstić information content (AvgIpc) is 2.12. The molecule has 0 heterocycles. The van der Waals surface area contributed by atoms with Crippen molar-refractivity contribution in [2.75, 3.05) is 0 Å². The summed E-state index contributed by atoms with van der Waals surface area (Å²) in [6.07, 6.45) is 7.49. The highest BCUT2D eigenvalue weighted by Gasteiger charge is 2.31. The molecule has 0 spiro atoms. The number of hydrogen-bond acceptors (Lipinski definition) is 2. The van der Waals surface area contributed by atoms with E-state index < -0.39 is 0 Å². The van der Waals surface area contributed by atoms with E-state index in [4.69, 9.17) is 0 Å². The second kappa shape index (κ2) is 3.97. The second-order valence-corrected chi connectivity index (χ2v) is 4.89. The third kappa shape index (κ3) is 2.23. The Bertz CT molecular complexity index is 171. The van der Waals surface area contributed by atoms with Crippen molar-refractivity contribution in [3.05, 3.63) is 0 Å². The van der Waals surface area contributed by atoms with Gasteiger partial charge >= 0.3 is 0 Å². The summed E-state index contributed by atoms with van der Waals surface area (Å²) in [5.41, 5.74) is 0. The summed E-state index contributed by atoms with van der Waals surface area (Å²) in [5.74, 6) is 0.878. The van der Waals surface area contributed by atoms with E-state index >= 15 is 0 Å². The van der Waals surface area contributed by atoms with Crippen molar-refractivity contribution >= 4 is 0 Å². The fourth-order valence-electron chi connectivity index (χ4n) is 2.57. The van der Waals surface area contributed by atoms with Gasteiger partial charge in [-0.15, -0.1) is 0 Å². The van der Waals surface area contributed by atoms with Gasteiger partial charge in [0.15, 0.2) is 0 Å². The Morgan fingerprint density at radius 2 is 2.00 bits per heavy atom. The minimum atomic E-state index is -0.0581. The first kappa shape index (κ1) is 9.47. The van der Waals surface area contributed by atoms with Gasteiger partial charge < -0.3 is 10.4 Å². The molecule has 2 fully saturated rings. The van der Waals surface area contributed by atoms with Crippen molar-refractivity contribution in [2.24, 2.45) is 5.92 Å². The zero-order chi connectivity index (χ0) is 9.26. The predicted molar refractivity (Wildman–Crippen MR) is 53.6 cm³/mol. The maximum atomic E-state index is 9.44. The van der Waals surface area contributed by atoms with Crippen LogP contribution < -0.4 is 5.32 Å². The molecule has 0 aromatic rings. The molecule has 0 bridgehead atoms. The monoisotopic (exact) mass is 183 g/mol. The summed E-state index contributed by atoms with van der Waals surface area (Å²) in [4.78, 5) is 0. The highest BCUT2D eigenvalue weighted by molar-refractivity contribution is 4.90. The molecular formula is C11H21NO. The fourth-order valence-corrected chi connectivity index (χ4v) is 2.57. The zero-order valence-corrected chi connectivity index (χ0v) is 8.50. The Balaban J connectivity index is 1.74. The van der Waals surface area contributed by atoms with Crippen LogP contribution >= 0.6 is 0 Å². The van der Waals surface area contributed by atoms with Crippen molar-refractivity contribution in [2.45, 2.75) is 63.6 Å². The Kier molecular flexibility index (Phi) is 2.89. The summed E-state index contributed by atoms with van der Waals surface area (Å²) in [6.45, 7) is 2.34. The van der Waals surface area contributed by atoms with E-state index in [0.29, 0.717) is 12.1 Å². The van der Waals surface area contributed by atoms with Gasteiger partial charge in [0.2, 0.25) is 0 Å². The smallest absolute Gasteiger partial charge is 0.0693 e. The number of rotatable bonds is 2. The predicted octanol–water partition coefficient (Wildman–Crippen LogP) is 1.68. The summed E-state index contributed by atoms with van der Waals surface area (Å²) in [7, 11) is 0. The minimum absolute atomic E-state index is 0.0581. The van der Waals surface area contributed by atoms with Crippen LogP contribution in [0.15, 0.2) is 0 Å². The lowest BCUT2D eigenvalue weighted by Gasteiger charge is -2.38. The fraction of sp³-hybridized carbons (Fsp3) is 1.00. The number of nitrogens with one attached hydrogen (secondary N) is 1. The molecule has 0 amide bonds. The molecule has 2 saturated carbocycles. The molecule has 13 heavy (non-hydrogen) atoms. The van der Waals surface area contributed by atoms with E-state index in [9.17, 15) is 5.11 Å². The lowest BCUT2D eigenvalue weighted by atomic mass is 9.83. The van der Waals surface area contributed by atoms with Gasteiger partial charge in [-0.2, -0.15) is 0 Å². The average molecular weight is 183 g/mol. The van der Waals surface area contributed by atoms with E-state index in [-0.39, 0.29) is 6.10 Å². The molecule has 2 heteroatoms. The molecule has 0 radical (unpaired) electrons. The highest BCUT2D eigenvalue weighted by Crippen LogP contribution is 2.27. The van der Waals surface area contributed by atoms with Crippen LogP contribution in [0.3, 0.4) is 0 Å². The largest absolute Gasteiger partial charge is 0.392 e. The Morgan fingerprint density at radius 3 is 2.54 bits per heavy atom. The summed E-state index contributed by atoms with van der Waals surface area (Å²) in [5, 5.41) is 13.0. The van der Waals surface area contributed by atoms with Crippen LogP contribution in [-0.4, -0.2) is 23.3 Å². The summed E-state index contributed by atoms with van der Waals surface area (Å²) < 4.78 is 0. The van der Waals surface area contributed by atoms with Gasteiger partial charge in [-0.1, -0.05) is 19.8 Å². The molecule has 0 aromatic heterocycles. The van der Waals surface area contributed by atoms with Crippen LogP contribution in [0.4, 0.5) is 0 Å². The molecule has 0 aromatic carbocycles. The Labute approximate surface area is 80.7 Å². The number of aliphatic hydroxyl groups is 1. The Morgan fingerprint density at radius 1 is 1.15 bits per heavy atom. The van der Waals surface area contributed by atoms with Gasteiger partial charge in [-0.3, -0.25) is 0 Å². The van der Waals surface area contributed by atoms with E-state index in [1.54, 1.807) is 0 Å². The van der Waals surface area contributed by atoms with Gasteiger partial charge in [0.1, 0.15) is 0 Å². The van der Waals surface area contributed by atoms with Crippen LogP contribution in [0.5, 0.6) is 0 Å².